The van der Waals surface area contributed by atoms with E-state index in [-0.39, 0.29) is 30.2 Å². The lowest BCUT2D eigenvalue weighted by molar-refractivity contribution is 0.0944. The fourth-order valence-corrected chi connectivity index (χ4v) is 5.32. The Labute approximate surface area is 192 Å². The van der Waals surface area contributed by atoms with Gasteiger partial charge in [-0.15, -0.1) is 0 Å². The fraction of sp³-hybridized carbons (Fsp3) is 0.364. The van der Waals surface area contributed by atoms with Gasteiger partial charge < -0.3 is 19.4 Å². The number of aryl methyl sites for hydroxylation is 1. The molecule has 0 aliphatic carbocycles. The van der Waals surface area contributed by atoms with Crippen LogP contribution in [0.1, 0.15) is 23.0 Å². The Balaban J connectivity index is 1.48. The summed E-state index contributed by atoms with van der Waals surface area (Å²) in [6.45, 7) is 4.16. The van der Waals surface area contributed by atoms with E-state index in [1.165, 1.54) is 21.4 Å². The van der Waals surface area contributed by atoms with Gasteiger partial charge in [0.1, 0.15) is 11.5 Å². The van der Waals surface area contributed by atoms with E-state index in [4.69, 9.17) is 9.15 Å². The van der Waals surface area contributed by atoms with E-state index in [2.05, 4.69) is 15.3 Å². The molecule has 4 rings (SSSR count). The molecule has 1 N–H and O–H groups in total. The number of nitrogens with zero attached hydrogens (tertiary/aromatic N) is 4. The maximum atomic E-state index is 13.4. The minimum absolute atomic E-state index is 0.00757. The average Bonchev–Trinajstić information content (AvgIpc) is 3.48. The van der Waals surface area contributed by atoms with Gasteiger partial charge in [-0.2, -0.15) is 9.40 Å². The van der Waals surface area contributed by atoms with Crippen LogP contribution in [0, 0.1) is 0 Å². The van der Waals surface area contributed by atoms with Crippen LogP contribution in [-0.2, 0) is 23.6 Å². The molecule has 0 unspecified atom stereocenters. The Morgan fingerprint density at radius 1 is 1.15 bits per heavy atom. The second kappa shape index (κ2) is 9.67. The van der Waals surface area contributed by atoms with Crippen LogP contribution in [0.2, 0.25) is 0 Å². The predicted molar refractivity (Wildman–Crippen MR) is 122 cm³/mol. The van der Waals surface area contributed by atoms with Crippen molar-refractivity contribution >= 4 is 21.6 Å². The van der Waals surface area contributed by atoms with Gasteiger partial charge >= 0.3 is 0 Å². The van der Waals surface area contributed by atoms with E-state index >= 15 is 0 Å². The molecule has 33 heavy (non-hydrogen) atoms. The molecule has 1 amide bonds. The Hall–Kier alpha value is -3.31. The Morgan fingerprint density at radius 3 is 2.61 bits per heavy atom. The third kappa shape index (κ3) is 4.88. The predicted octanol–water partition coefficient (Wildman–Crippen LogP) is 1.85. The number of carbonyl (C=O) groups excluding carboxylic acids is 1. The van der Waals surface area contributed by atoms with Crippen molar-refractivity contribution in [3.63, 3.8) is 0 Å². The average molecular weight is 474 g/mol. The number of nitrogens with one attached hydrogen (secondary N) is 1. The molecule has 0 atom stereocenters. The van der Waals surface area contributed by atoms with Gasteiger partial charge in [0.15, 0.2) is 0 Å². The first-order valence-corrected chi connectivity index (χ1v) is 12.1. The molecule has 2 aromatic heterocycles. The first-order chi connectivity index (χ1) is 15.9. The highest BCUT2D eigenvalue weighted by Gasteiger charge is 2.35. The van der Waals surface area contributed by atoms with Crippen LogP contribution in [0.15, 0.2) is 58.3 Å². The number of aromatic nitrogens is 2. The number of para-hydroxylation sites is 2. The SMILES string of the molecule is CCOc1ccccc1N1CCN(S(=O)(=O)c2nn(C)cc2C(=O)NCc2ccco2)CC1. The lowest BCUT2D eigenvalue weighted by Crippen LogP contribution is -2.49. The summed E-state index contributed by atoms with van der Waals surface area (Å²) in [6.07, 6.45) is 2.92. The zero-order valence-electron chi connectivity index (χ0n) is 18.6. The summed E-state index contributed by atoms with van der Waals surface area (Å²) in [5.74, 6) is 0.819. The van der Waals surface area contributed by atoms with Crippen LogP contribution >= 0.6 is 0 Å². The highest BCUT2D eigenvalue weighted by molar-refractivity contribution is 7.89. The van der Waals surface area contributed by atoms with E-state index in [9.17, 15) is 13.2 Å². The summed E-state index contributed by atoms with van der Waals surface area (Å²) in [5, 5.41) is 6.55. The number of carbonyl (C=O) groups is 1. The highest BCUT2D eigenvalue weighted by Crippen LogP contribution is 2.30. The van der Waals surface area contributed by atoms with Crippen molar-refractivity contribution in [1.29, 1.82) is 0 Å². The van der Waals surface area contributed by atoms with Crippen LogP contribution in [0.5, 0.6) is 5.75 Å². The molecule has 176 valence electrons. The summed E-state index contributed by atoms with van der Waals surface area (Å²) in [7, 11) is -2.37. The number of amides is 1. The maximum Gasteiger partial charge on any atom is 0.263 e. The molecule has 1 fully saturated rings. The Morgan fingerprint density at radius 2 is 1.91 bits per heavy atom. The third-order valence-corrected chi connectivity index (χ3v) is 7.21. The van der Waals surface area contributed by atoms with Crippen LogP contribution in [0.3, 0.4) is 0 Å². The molecule has 1 aliphatic rings. The third-order valence-electron chi connectivity index (χ3n) is 5.37. The molecule has 10 nitrogen and oxygen atoms in total. The summed E-state index contributed by atoms with van der Waals surface area (Å²) < 4.78 is 40.4. The molecule has 0 bridgehead atoms. The van der Waals surface area contributed by atoms with Gasteiger partial charge in [0.2, 0.25) is 5.03 Å². The molecule has 0 radical (unpaired) electrons. The standard InChI is InChI=1S/C22H27N5O5S/c1-3-31-20-9-5-4-8-19(20)26-10-12-27(13-11-26)33(29,30)22-18(16-25(2)24-22)21(28)23-15-17-7-6-14-32-17/h4-9,14,16H,3,10-13,15H2,1-2H3,(H,23,28). The van der Waals surface area contributed by atoms with E-state index in [0.29, 0.717) is 25.5 Å². The Kier molecular flexibility index (Phi) is 6.70. The minimum Gasteiger partial charge on any atom is -0.492 e. The summed E-state index contributed by atoms with van der Waals surface area (Å²) in [6, 6.07) is 11.2. The monoisotopic (exact) mass is 473 g/mol. The van der Waals surface area contributed by atoms with Gasteiger partial charge in [-0.25, -0.2) is 8.42 Å². The van der Waals surface area contributed by atoms with Gasteiger partial charge in [0, 0.05) is 39.4 Å². The molecule has 1 saturated heterocycles. The van der Waals surface area contributed by atoms with Gasteiger partial charge in [-0.1, -0.05) is 12.1 Å². The number of hydrogen-bond acceptors (Lipinski definition) is 7. The second-order valence-electron chi connectivity index (χ2n) is 7.58. The van der Waals surface area contributed by atoms with Gasteiger partial charge in [0.05, 0.1) is 30.7 Å². The summed E-state index contributed by atoms with van der Waals surface area (Å²) in [5.41, 5.74) is 0.945. The smallest absolute Gasteiger partial charge is 0.263 e. The number of furan rings is 1. The quantitative estimate of drug-likeness (QED) is 0.532. The summed E-state index contributed by atoms with van der Waals surface area (Å²) >= 11 is 0. The van der Waals surface area contributed by atoms with Crippen molar-refractivity contribution in [3.8, 4) is 5.75 Å². The van der Waals surface area contributed by atoms with Crippen molar-refractivity contribution in [3.05, 3.63) is 60.2 Å². The van der Waals surface area contributed by atoms with Gasteiger partial charge in [0.25, 0.3) is 15.9 Å². The normalized spacial score (nSPS) is 14.9. The van der Waals surface area contributed by atoms with Crippen molar-refractivity contribution in [2.45, 2.75) is 18.5 Å². The lowest BCUT2D eigenvalue weighted by atomic mass is 10.2. The fourth-order valence-electron chi connectivity index (χ4n) is 3.78. The van der Waals surface area contributed by atoms with Crippen molar-refractivity contribution in [2.24, 2.45) is 7.05 Å². The van der Waals surface area contributed by atoms with Crippen LogP contribution in [-0.4, -0.2) is 61.2 Å². The lowest BCUT2D eigenvalue weighted by Gasteiger charge is -2.35. The minimum atomic E-state index is -3.96. The molecule has 3 aromatic rings. The highest BCUT2D eigenvalue weighted by atomic mass is 32.2. The van der Waals surface area contributed by atoms with E-state index in [1.54, 1.807) is 19.2 Å². The molecule has 0 saturated carbocycles. The molecule has 1 aromatic carbocycles. The van der Waals surface area contributed by atoms with Crippen LogP contribution < -0.4 is 15.0 Å². The van der Waals surface area contributed by atoms with Crippen LogP contribution in [0.4, 0.5) is 5.69 Å². The zero-order valence-corrected chi connectivity index (χ0v) is 19.4. The van der Waals surface area contributed by atoms with E-state index in [1.807, 2.05) is 31.2 Å². The van der Waals surface area contributed by atoms with Gasteiger partial charge in [-0.3, -0.25) is 9.48 Å². The number of ether oxygens (including phenoxy) is 1. The Bertz CT molecular complexity index is 1200. The second-order valence-corrected chi connectivity index (χ2v) is 9.43. The molecule has 3 heterocycles. The van der Waals surface area contributed by atoms with Crippen LogP contribution in [0.25, 0.3) is 0 Å². The largest absolute Gasteiger partial charge is 0.492 e. The molecule has 1 aliphatic heterocycles. The van der Waals surface area contributed by atoms with Crippen molar-refractivity contribution in [2.75, 3.05) is 37.7 Å². The number of rotatable bonds is 8. The van der Waals surface area contributed by atoms with Crippen molar-refractivity contribution in [1.82, 2.24) is 19.4 Å². The number of sulfonamides is 1. The van der Waals surface area contributed by atoms with E-state index in [0.717, 1.165) is 11.4 Å². The van der Waals surface area contributed by atoms with Gasteiger partial charge in [-0.05, 0) is 31.2 Å². The molecule has 11 heteroatoms. The molecular formula is C22H27N5O5S. The zero-order chi connectivity index (χ0) is 23.4. The summed E-state index contributed by atoms with van der Waals surface area (Å²) in [4.78, 5) is 14.8. The first kappa shape index (κ1) is 22.9. The topological polar surface area (TPSA) is 110 Å². The number of benzene rings is 1. The maximum absolute atomic E-state index is 13.4. The number of anilines is 1. The molecule has 0 spiro atoms. The van der Waals surface area contributed by atoms with E-state index < -0.39 is 15.9 Å². The molecular weight excluding hydrogens is 446 g/mol. The first-order valence-electron chi connectivity index (χ1n) is 10.7. The number of hydrogen-bond donors (Lipinski definition) is 1. The van der Waals surface area contributed by atoms with Crippen molar-refractivity contribution < 1.29 is 22.4 Å². The number of piperazine rings is 1.